The molecule has 38 heavy (non-hydrogen) atoms. The summed E-state index contributed by atoms with van der Waals surface area (Å²) in [5.74, 6) is -0.403. The van der Waals surface area contributed by atoms with Gasteiger partial charge in [0.2, 0.25) is 11.8 Å². The number of halogens is 1. The van der Waals surface area contributed by atoms with Crippen molar-refractivity contribution in [2.45, 2.75) is 31.8 Å². The Balaban J connectivity index is 1.31. The molecule has 0 aliphatic heterocycles. The number of aliphatic carboxylic acids is 1. The number of nitrogen functional groups attached to an aromatic ring is 1. The molecule has 2 aromatic heterocycles. The molecule has 0 bridgehead atoms. The van der Waals surface area contributed by atoms with E-state index in [2.05, 4.69) is 36.0 Å². The molecule has 1 aliphatic rings. The van der Waals surface area contributed by atoms with Crippen molar-refractivity contribution >= 4 is 57.5 Å². The van der Waals surface area contributed by atoms with E-state index in [9.17, 15) is 14.5 Å². The fraction of sp³-hybridized carbons (Fsp3) is 0.333. The number of benzene rings is 2. The van der Waals surface area contributed by atoms with Crippen LogP contribution < -0.4 is 20.1 Å². The zero-order valence-electron chi connectivity index (χ0n) is 20.6. The molecular weight excluding hydrogens is 579 g/mol. The number of rotatable bonds is 10. The van der Waals surface area contributed by atoms with Crippen molar-refractivity contribution in [3.8, 4) is 11.6 Å². The number of nitrogens with zero attached hydrogens (tertiary/aromatic N) is 4. The molecule has 12 nitrogen and oxygen atoms in total. The average Bonchev–Trinajstić information content (AvgIpc) is 3.27. The van der Waals surface area contributed by atoms with Crippen LogP contribution in [0.4, 0.5) is 5.95 Å². The third-order valence-electron chi connectivity index (χ3n) is 6.46. The Labute approximate surface area is 226 Å². The summed E-state index contributed by atoms with van der Waals surface area (Å²) in [4.78, 5) is 24.2. The fourth-order valence-electron chi connectivity index (χ4n) is 4.41. The van der Waals surface area contributed by atoms with Gasteiger partial charge in [-0.25, -0.2) is 9.55 Å². The van der Waals surface area contributed by atoms with Gasteiger partial charge in [0.05, 0.1) is 20.0 Å². The van der Waals surface area contributed by atoms with Gasteiger partial charge in [0, 0.05) is 15.9 Å². The Hall–Kier alpha value is -3.25. The fourth-order valence-corrected chi connectivity index (χ4v) is 6.48. The number of hydrogen-bond donors (Lipinski definition) is 3. The monoisotopic (exact) mass is 604 g/mol. The number of methoxy groups -OCH3 is 1. The van der Waals surface area contributed by atoms with Crippen LogP contribution >= 0.6 is 23.7 Å². The molecule has 2 atom stereocenters. The van der Waals surface area contributed by atoms with Crippen LogP contribution in [0.2, 0.25) is 0 Å². The SMILES string of the molecule is COc1nc(N)nc2c1ncn2[C@H]1C[C@@H](COP(=O)(NC(C)C(=O)O)Oc2ccc(Br)c3ccccc23)C1. The van der Waals surface area contributed by atoms with Gasteiger partial charge >= 0.3 is 13.7 Å². The molecule has 1 aliphatic carbocycles. The highest BCUT2D eigenvalue weighted by atomic mass is 79.9. The van der Waals surface area contributed by atoms with Crippen molar-refractivity contribution < 1.29 is 28.3 Å². The summed E-state index contributed by atoms with van der Waals surface area (Å²) in [7, 11) is -2.57. The van der Waals surface area contributed by atoms with Crippen LogP contribution in [-0.4, -0.2) is 50.4 Å². The minimum absolute atomic E-state index is 0.0547. The van der Waals surface area contributed by atoms with Crippen molar-refractivity contribution in [1.82, 2.24) is 24.6 Å². The third-order valence-corrected chi connectivity index (χ3v) is 8.78. The lowest BCUT2D eigenvalue weighted by atomic mass is 9.81. The third kappa shape index (κ3) is 5.19. The molecule has 14 heteroatoms. The highest BCUT2D eigenvalue weighted by Gasteiger charge is 2.37. The molecule has 0 spiro atoms. The van der Waals surface area contributed by atoms with Crippen LogP contribution in [0.15, 0.2) is 47.2 Å². The van der Waals surface area contributed by atoms with Gasteiger partial charge in [0.25, 0.3) is 0 Å². The van der Waals surface area contributed by atoms with E-state index >= 15 is 0 Å². The summed E-state index contributed by atoms with van der Waals surface area (Å²) >= 11 is 3.51. The Morgan fingerprint density at radius 2 is 2.00 bits per heavy atom. The van der Waals surface area contributed by atoms with Crippen molar-refractivity contribution in [2.24, 2.45) is 5.92 Å². The molecule has 200 valence electrons. The van der Waals surface area contributed by atoms with Gasteiger partial charge in [-0.3, -0.25) is 9.32 Å². The molecule has 1 saturated carbocycles. The van der Waals surface area contributed by atoms with Gasteiger partial charge in [0.1, 0.15) is 11.8 Å². The van der Waals surface area contributed by atoms with E-state index in [1.807, 2.05) is 28.8 Å². The summed E-state index contributed by atoms with van der Waals surface area (Å²) < 4.78 is 33.5. The first-order valence-electron chi connectivity index (χ1n) is 11.8. The van der Waals surface area contributed by atoms with E-state index in [1.54, 1.807) is 18.5 Å². The lowest BCUT2D eigenvalue weighted by Gasteiger charge is -2.36. The van der Waals surface area contributed by atoms with E-state index in [0.29, 0.717) is 41.0 Å². The van der Waals surface area contributed by atoms with Crippen LogP contribution in [0, 0.1) is 5.92 Å². The van der Waals surface area contributed by atoms with Crippen LogP contribution in [0.5, 0.6) is 11.6 Å². The first-order valence-corrected chi connectivity index (χ1v) is 14.2. The van der Waals surface area contributed by atoms with Gasteiger partial charge in [-0.1, -0.05) is 40.2 Å². The number of fused-ring (bicyclic) bond motifs is 2. The van der Waals surface area contributed by atoms with Gasteiger partial charge in [-0.05, 0) is 43.2 Å². The highest BCUT2D eigenvalue weighted by Crippen LogP contribution is 2.49. The standard InChI is InChI=1S/C24H26BrN6O6P/c1-13(23(32)33)30-38(34,37-19-8-7-18(25)16-5-3-4-6-17(16)19)36-11-14-9-15(10-14)31-12-27-20-21(31)28-24(26)29-22(20)35-2/h3-8,12-15H,9-11H2,1-2H3,(H,30,34)(H,32,33)(H2,26,28,29)/t13?,14-,15+,38?. The molecule has 4 aromatic rings. The summed E-state index contributed by atoms with van der Waals surface area (Å²) in [5.41, 5.74) is 6.92. The number of carbonyl (C=O) groups is 1. The van der Waals surface area contributed by atoms with E-state index in [0.717, 1.165) is 9.86 Å². The summed E-state index contributed by atoms with van der Waals surface area (Å²) in [6.07, 6.45) is 3.08. The molecule has 0 amide bonds. The lowest BCUT2D eigenvalue weighted by Crippen LogP contribution is -2.35. The molecular formula is C24H26BrN6O6P. The maximum Gasteiger partial charge on any atom is 0.459 e. The maximum absolute atomic E-state index is 13.8. The summed E-state index contributed by atoms with van der Waals surface area (Å²) in [5, 5.41) is 13.5. The zero-order chi connectivity index (χ0) is 27.0. The summed E-state index contributed by atoms with van der Waals surface area (Å²) in [6.45, 7) is 1.49. The minimum Gasteiger partial charge on any atom is -0.480 e. The van der Waals surface area contributed by atoms with Gasteiger partial charge in [0.15, 0.2) is 11.2 Å². The van der Waals surface area contributed by atoms with E-state index in [4.69, 9.17) is 19.5 Å². The van der Waals surface area contributed by atoms with Crippen molar-refractivity contribution in [1.29, 1.82) is 0 Å². The molecule has 0 radical (unpaired) electrons. The van der Waals surface area contributed by atoms with Crippen LogP contribution in [-0.2, 0) is 13.9 Å². The normalized spacial score (nSPS) is 19.6. The van der Waals surface area contributed by atoms with E-state index in [-0.39, 0.29) is 24.5 Å². The number of ether oxygens (including phenoxy) is 1. The second kappa shape index (κ2) is 10.5. The topological polar surface area (TPSA) is 164 Å². The number of anilines is 1. The van der Waals surface area contributed by atoms with Crippen LogP contribution in [0.25, 0.3) is 21.9 Å². The first-order chi connectivity index (χ1) is 18.2. The molecule has 2 aromatic carbocycles. The minimum atomic E-state index is -4.06. The molecule has 0 saturated heterocycles. The Kier molecular flexibility index (Phi) is 7.28. The Morgan fingerprint density at radius 1 is 1.26 bits per heavy atom. The van der Waals surface area contributed by atoms with Crippen molar-refractivity contribution in [3.05, 3.63) is 47.2 Å². The average molecular weight is 605 g/mol. The smallest absolute Gasteiger partial charge is 0.459 e. The molecule has 2 unspecified atom stereocenters. The molecule has 5 rings (SSSR count). The largest absolute Gasteiger partial charge is 0.480 e. The Bertz CT molecular complexity index is 1560. The predicted molar refractivity (Wildman–Crippen MR) is 144 cm³/mol. The number of carboxylic acids is 1. The van der Waals surface area contributed by atoms with Crippen molar-refractivity contribution in [2.75, 3.05) is 19.5 Å². The second-order valence-corrected chi connectivity index (χ2v) is 11.6. The number of aromatic nitrogens is 4. The highest BCUT2D eigenvalue weighted by molar-refractivity contribution is 9.10. The first kappa shape index (κ1) is 26.4. The van der Waals surface area contributed by atoms with Gasteiger partial charge in [-0.2, -0.15) is 15.1 Å². The summed E-state index contributed by atoms with van der Waals surface area (Å²) in [6, 6.07) is 9.81. The second-order valence-electron chi connectivity index (χ2n) is 9.07. The molecule has 4 N–H and O–H groups in total. The van der Waals surface area contributed by atoms with E-state index < -0.39 is 19.8 Å². The predicted octanol–water partition coefficient (Wildman–Crippen LogP) is 4.55. The van der Waals surface area contributed by atoms with Gasteiger partial charge in [-0.15, -0.1) is 0 Å². The zero-order valence-corrected chi connectivity index (χ0v) is 23.1. The van der Waals surface area contributed by atoms with Gasteiger partial charge < -0.3 is 24.7 Å². The number of imidazole rings is 1. The molecule has 1 fully saturated rings. The molecule has 2 heterocycles. The van der Waals surface area contributed by atoms with Crippen LogP contribution in [0.3, 0.4) is 0 Å². The lowest BCUT2D eigenvalue weighted by molar-refractivity contribution is -0.138. The van der Waals surface area contributed by atoms with Crippen LogP contribution in [0.1, 0.15) is 25.8 Å². The maximum atomic E-state index is 13.8. The number of nitrogens with one attached hydrogen (secondary N) is 1. The van der Waals surface area contributed by atoms with E-state index in [1.165, 1.54) is 14.0 Å². The number of hydrogen-bond acceptors (Lipinski definition) is 9. The van der Waals surface area contributed by atoms with Crippen molar-refractivity contribution in [3.63, 3.8) is 0 Å². The number of nitrogens with two attached hydrogens (primary N) is 1. The Morgan fingerprint density at radius 3 is 2.71 bits per heavy atom. The number of carboxylic acid groups (broad SMARTS) is 1. The quantitative estimate of drug-likeness (QED) is 0.217.